The molecule has 0 aromatic rings. The highest BCUT2D eigenvalue weighted by atomic mass is 15.3. The lowest BCUT2D eigenvalue weighted by molar-refractivity contribution is -0.161. The minimum Gasteiger partial charge on any atom is -0.329 e. The van der Waals surface area contributed by atoms with Gasteiger partial charge < -0.3 is 5.73 Å². The normalized spacial score (nSPS) is 56.9. The Labute approximate surface area is 130 Å². The van der Waals surface area contributed by atoms with Gasteiger partial charge in [-0.05, 0) is 81.0 Å². The Bertz CT molecular complexity index is 376. The molecular weight excluding hydrogens is 256 g/mol. The lowest BCUT2D eigenvalue weighted by atomic mass is 9.47. The molecule has 0 radical (unpaired) electrons. The first-order chi connectivity index (χ1) is 10.0. The van der Waals surface area contributed by atoms with Crippen LogP contribution >= 0.6 is 0 Å². The van der Waals surface area contributed by atoms with E-state index in [0.29, 0.717) is 5.54 Å². The van der Waals surface area contributed by atoms with Crippen LogP contribution in [0.2, 0.25) is 0 Å². The van der Waals surface area contributed by atoms with E-state index < -0.39 is 0 Å². The topological polar surface area (TPSA) is 29.3 Å². The number of rotatable bonds is 2. The molecule has 1 aliphatic heterocycles. The van der Waals surface area contributed by atoms with Crippen molar-refractivity contribution in [3.8, 4) is 0 Å². The van der Waals surface area contributed by atoms with Gasteiger partial charge in [0, 0.05) is 24.7 Å². The van der Waals surface area contributed by atoms with Crippen LogP contribution in [0.1, 0.15) is 59.3 Å². The van der Waals surface area contributed by atoms with Crippen molar-refractivity contribution in [2.75, 3.05) is 13.1 Å². The Balaban J connectivity index is 1.69. The van der Waals surface area contributed by atoms with Gasteiger partial charge >= 0.3 is 0 Å². The number of nitrogens with zero attached hydrogens (tertiary/aromatic N) is 1. The molecule has 0 aromatic heterocycles. The fourth-order valence-electron chi connectivity index (χ4n) is 7.18. The van der Waals surface area contributed by atoms with E-state index in [4.69, 9.17) is 5.73 Å². The first kappa shape index (κ1) is 14.5. The molecular formula is C19H34N2. The molecule has 4 saturated carbocycles. The Morgan fingerprint density at radius 2 is 1.48 bits per heavy atom. The quantitative estimate of drug-likeness (QED) is 0.843. The minimum absolute atomic E-state index is 0.357. The number of hydrogen-bond acceptors (Lipinski definition) is 2. The molecule has 2 N–H and O–H groups in total. The Kier molecular flexibility index (Phi) is 3.43. The third kappa shape index (κ3) is 1.97. The van der Waals surface area contributed by atoms with Crippen molar-refractivity contribution in [2.45, 2.75) is 70.9 Å². The first-order valence-electron chi connectivity index (χ1n) is 9.51. The third-order valence-electron chi connectivity index (χ3n) is 8.01. The van der Waals surface area contributed by atoms with Gasteiger partial charge in [-0.2, -0.15) is 0 Å². The summed E-state index contributed by atoms with van der Waals surface area (Å²) in [5.41, 5.74) is 6.89. The largest absolute Gasteiger partial charge is 0.329 e. The van der Waals surface area contributed by atoms with E-state index in [9.17, 15) is 0 Å². The second kappa shape index (κ2) is 4.96. The van der Waals surface area contributed by atoms with E-state index in [1.807, 2.05) is 0 Å². The van der Waals surface area contributed by atoms with Gasteiger partial charge in [0.05, 0.1) is 0 Å². The van der Waals surface area contributed by atoms with Gasteiger partial charge in [-0.1, -0.05) is 13.8 Å². The van der Waals surface area contributed by atoms with Crippen LogP contribution in [-0.2, 0) is 0 Å². The zero-order valence-electron chi connectivity index (χ0n) is 14.2. The fraction of sp³-hybridized carbons (Fsp3) is 1.00. The van der Waals surface area contributed by atoms with Gasteiger partial charge in [-0.25, -0.2) is 0 Å². The molecule has 21 heavy (non-hydrogen) atoms. The molecule has 5 rings (SSSR count). The highest BCUT2D eigenvalue weighted by molar-refractivity contribution is 5.14. The second-order valence-electron chi connectivity index (χ2n) is 9.21. The molecule has 0 aromatic carbocycles. The van der Waals surface area contributed by atoms with Crippen LogP contribution in [0.5, 0.6) is 0 Å². The zero-order chi connectivity index (χ0) is 14.8. The Morgan fingerprint density at radius 1 is 0.905 bits per heavy atom. The summed E-state index contributed by atoms with van der Waals surface area (Å²) < 4.78 is 0. The standard InChI is InChI=1S/C19H34N2/c1-12-4-13(2)14(3)21(10-12)19(11-20)17-6-15-5-16(8-17)9-18(19)7-15/h12-18H,4-11,20H2,1-3H3. The van der Waals surface area contributed by atoms with Crippen LogP contribution < -0.4 is 5.73 Å². The van der Waals surface area contributed by atoms with Gasteiger partial charge in [0.2, 0.25) is 0 Å². The highest BCUT2D eigenvalue weighted by Crippen LogP contribution is 2.60. The maximum absolute atomic E-state index is 6.53. The molecule has 5 aliphatic rings. The number of nitrogens with two attached hydrogens (primary N) is 1. The molecule has 5 fully saturated rings. The minimum atomic E-state index is 0.357. The van der Waals surface area contributed by atoms with Gasteiger partial charge in [0.15, 0.2) is 0 Å². The summed E-state index contributed by atoms with van der Waals surface area (Å²) in [7, 11) is 0. The Hall–Kier alpha value is -0.0800. The number of hydrogen-bond donors (Lipinski definition) is 1. The summed E-state index contributed by atoms with van der Waals surface area (Å²) in [5.74, 6) is 5.56. The van der Waals surface area contributed by atoms with Gasteiger partial charge in [-0.15, -0.1) is 0 Å². The van der Waals surface area contributed by atoms with Crippen molar-refractivity contribution < 1.29 is 0 Å². The second-order valence-corrected chi connectivity index (χ2v) is 9.21. The van der Waals surface area contributed by atoms with E-state index in [2.05, 4.69) is 25.7 Å². The molecule has 0 amide bonds. The van der Waals surface area contributed by atoms with E-state index in [1.165, 1.54) is 45.1 Å². The molecule has 3 atom stereocenters. The van der Waals surface area contributed by atoms with Crippen molar-refractivity contribution in [1.29, 1.82) is 0 Å². The van der Waals surface area contributed by atoms with E-state index >= 15 is 0 Å². The zero-order valence-corrected chi connectivity index (χ0v) is 14.2. The lowest BCUT2D eigenvalue weighted by Gasteiger charge is -2.67. The molecule has 120 valence electrons. The van der Waals surface area contributed by atoms with Crippen molar-refractivity contribution in [3.63, 3.8) is 0 Å². The molecule has 2 nitrogen and oxygen atoms in total. The lowest BCUT2D eigenvalue weighted by Crippen LogP contribution is -2.72. The van der Waals surface area contributed by atoms with Crippen LogP contribution in [0.25, 0.3) is 0 Å². The third-order valence-corrected chi connectivity index (χ3v) is 8.01. The van der Waals surface area contributed by atoms with Crippen molar-refractivity contribution in [2.24, 2.45) is 41.2 Å². The molecule has 4 bridgehead atoms. The first-order valence-corrected chi connectivity index (χ1v) is 9.51. The van der Waals surface area contributed by atoms with E-state index in [1.54, 1.807) is 0 Å². The van der Waals surface area contributed by atoms with Crippen LogP contribution in [0.3, 0.4) is 0 Å². The SMILES string of the molecule is CC1CC(C)C(C)N(C2(CN)C3CC4CC(C3)CC2C4)C1. The average Bonchev–Trinajstić information content (AvgIpc) is 2.43. The van der Waals surface area contributed by atoms with E-state index in [-0.39, 0.29) is 0 Å². The monoisotopic (exact) mass is 290 g/mol. The summed E-state index contributed by atoms with van der Waals surface area (Å²) in [4.78, 5) is 2.93. The van der Waals surface area contributed by atoms with Gasteiger partial charge in [-0.3, -0.25) is 4.90 Å². The summed E-state index contributed by atoms with van der Waals surface area (Å²) in [6.07, 6.45) is 8.87. The molecule has 1 heterocycles. The van der Waals surface area contributed by atoms with Crippen LogP contribution in [0, 0.1) is 35.5 Å². The highest BCUT2D eigenvalue weighted by Gasteiger charge is 2.60. The van der Waals surface area contributed by atoms with Crippen LogP contribution in [0.4, 0.5) is 0 Å². The molecule has 2 heteroatoms. The predicted molar refractivity (Wildman–Crippen MR) is 87.9 cm³/mol. The molecule has 1 saturated heterocycles. The molecule has 4 aliphatic carbocycles. The van der Waals surface area contributed by atoms with Gasteiger partial charge in [0.1, 0.15) is 0 Å². The maximum atomic E-state index is 6.53. The molecule has 3 unspecified atom stereocenters. The van der Waals surface area contributed by atoms with E-state index in [0.717, 1.165) is 48.1 Å². The van der Waals surface area contributed by atoms with Crippen LogP contribution in [0.15, 0.2) is 0 Å². The maximum Gasteiger partial charge on any atom is 0.0391 e. The number of likely N-dealkylation sites (tertiary alicyclic amines) is 1. The summed E-state index contributed by atoms with van der Waals surface area (Å²) in [6.45, 7) is 9.61. The predicted octanol–water partition coefficient (Wildman–Crippen LogP) is 3.51. The molecule has 0 spiro atoms. The smallest absolute Gasteiger partial charge is 0.0391 e. The summed E-state index contributed by atoms with van der Waals surface area (Å²) in [5, 5.41) is 0. The number of piperidine rings is 1. The van der Waals surface area contributed by atoms with Crippen molar-refractivity contribution in [3.05, 3.63) is 0 Å². The Morgan fingerprint density at radius 3 is 2.00 bits per heavy atom. The summed E-state index contributed by atoms with van der Waals surface area (Å²) in [6, 6.07) is 0.724. The summed E-state index contributed by atoms with van der Waals surface area (Å²) >= 11 is 0. The van der Waals surface area contributed by atoms with Crippen molar-refractivity contribution >= 4 is 0 Å². The van der Waals surface area contributed by atoms with Gasteiger partial charge in [0.25, 0.3) is 0 Å². The average molecular weight is 290 g/mol. The fourth-order valence-corrected chi connectivity index (χ4v) is 7.18. The van der Waals surface area contributed by atoms with Crippen molar-refractivity contribution in [1.82, 2.24) is 4.90 Å². The van der Waals surface area contributed by atoms with Crippen LogP contribution in [-0.4, -0.2) is 29.6 Å².